The minimum atomic E-state index is -1.23. The summed E-state index contributed by atoms with van der Waals surface area (Å²) in [6, 6.07) is 8.85. The monoisotopic (exact) mass is 209 g/mol. The number of carbonyl (C=O) groups is 2. The Morgan fingerprint density at radius 1 is 1.13 bits per heavy atom. The number of nitrogens with zero attached hydrogens (tertiary/aromatic N) is 1. The van der Waals surface area contributed by atoms with Gasteiger partial charge < -0.3 is 10.2 Å². The van der Waals surface area contributed by atoms with E-state index in [1.807, 2.05) is 6.07 Å². The van der Waals surface area contributed by atoms with E-state index >= 15 is 0 Å². The lowest BCUT2D eigenvalue weighted by Crippen LogP contribution is -2.33. The summed E-state index contributed by atoms with van der Waals surface area (Å²) in [6.07, 6.45) is -1.23. The van der Waals surface area contributed by atoms with Crippen LogP contribution in [-0.2, 0) is 11.3 Å². The summed E-state index contributed by atoms with van der Waals surface area (Å²) < 4.78 is 0. The van der Waals surface area contributed by atoms with Crippen molar-refractivity contribution in [2.45, 2.75) is 6.54 Å². The van der Waals surface area contributed by atoms with Gasteiger partial charge in [-0.1, -0.05) is 30.3 Å². The van der Waals surface area contributed by atoms with Crippen molar-refractivity contribution in [3.8, 4) is 0 Å². The number of benzene rings is 1. The van der Waals surface area contributed by atoms with Crippen LogP contribution < -0.4 is 0 Å². The van der Waals surface area contributed by atoms with Crippen molar-refractivity contribution in [1.29, 1.82) is 0 Å². The molecule has 5 heteroatoms. The summed E-state index contributed by atoms with van der Waals surface area (Å²) in [6.45, 7) is -0.424. The summed E-state index contributed by atoms with van der Waals surface area (Å²) in [5.74, 6) is -1.16. The molecule has 0 aliphatic carbocycles. The van der Waals surface area contributed by atoms with Gasteiger partial charge in [0.05, 0.1) is 0 Å². The zero-order valence-corrected chi connectivity index (χ0v) is 7.96. The first-order valence-electron chi connectivity index (χ1n) is 4.33. The van der Waals surface area contributed by atoms with Gasteiger partial charge in [-0.15, -0.1) is 0 Å². The van der Waals surface area contributed by atoms with Crippen molar-refractivity contribution >= 4 is 12.1 Å². The first-order chi connectivity index (χ1) is 7.09. The molecule has 1 amide bonds. The Bertz CT molecular complexity index is 350. The van der Waals surface area contributed by atoms with Crippen LogP contribution in [-0.4, -0.2) is 33.7 Å². The molecular formula is C10H11NO4. The maximum Gasteiger partial charge on any atom is 0.408 e. The van der Waals surface area contributed by atoms with Gasteiger partial charge in [0, 0.05) is 6.54 Å². The number of aliphatic carboxylic acids is 1. The molecule has 0 aromatic heterocycles. The molecule has 80 valence electrons. The zero-order valence-electron chi connectivity index (χ0n) is 7.96. The number of amides is 1. The van der Waals surface area contributed by atoms with Gasteiger partial charge in [-0.05, 0) is 5.56 Å². The lowest BCUT2D eigenvalue weighted by Gasteiger charge is -2.16. The van der Waals surface area contributed by atoms with Crippen molar-refractivity contribution in [3.05, 3.63) is 35.9 Å². The Kier molecular flexibility index (Phi) is 3.68. The van der Waals surface area contributed by atoms with Crippen molar-refractivity contribution < 1.29 is 19.8 Å². The molecule has 0 aliphatic heterocycles. The molecule has 5 nitrogen and oxygen atoms in total. The molecule has 15 heavy (non-hydrogen) atoms. The van der Waals surface area contributed by atoms with Crippen LogP contribution in [0.2, 0.25) is 0 Å². The third-order valence-electron chi connectivity index (χ3n) is 1.81. The summed E-state index contributed by atoms with van der Waals surface area (Å²) in [7, 11) is 0. The average molecular weight is 209 g/mol. The first-order valence-corrected chi connectivity index (χ1v) is 4.33. The van der Waals surface area contributed by atoms with Crippen molar-refractivity contribution in [1.82, 2.24) is 4.90 Å². The molecule has 1 aromatic rings. The average Bonchev–Trinajstić information content (AvgIpc) is 2.17. The standard InChI is InChI=1S/C10H11NO4/c12-9(13)7-11(10(14)15)6-8-4-2-1-3-5-8/h1-5H,6-7H2,(H,12,13)(H,14,15). The van der Waals surface area contributed by atoms with Crippen LogP contribution in [0.15, 0.2) is 30.3 Å². The van der Waals surface area contributed by atoms with E-state index in [9.17, 15) is 9.59 Å². The Morgan fingerprint density at radius 3 is 2.20 bits per heavy atom. The lowest BCUT2D eigenvalue weighted by molar-refractivity contribution is -0.138. The molecule has 0 saturated heterocycles. The minimum absolute atomic E-state index is 0.0858. The van der Waals surface area contributed by atoms with Gasteiger partial charge in [0.1, 0.15) is 6.54 Å². The topological polar surface area (TPSA) is 77.8 Å². The van der Waals surface area contributed by atoms with Crippen LogP contribution in [0.3, 0.4) is 0 Å². The second kappa shape index (κ2) is 4.99. The fourth-order valence-electron chi connectivity index (χ4n) is 1.16. The molecule has 0 saturated carbocycles. The second-order valence-electron chi connectivity index (χ2n) is 3.02. The second-order valence-corrected chi connectivity index (χ2v) is 3.02. The molecule has 0 fully saturated rings. The molecule has 0 atom stereocenters. The molecule has 2 N–H and O–H groups in total. The van der Waals surface area contributed by atoms with Gasteiger partial charge in [-0.25, -0.2) is 4.79 Å². The highest BCUT2D eigenvalue weighted by Crippen LogP contribution is 2.04. The van der Waals surface area contributed by atoms with Crippen LogP contribution in [0.25, 0.3) is 0 Å². The predicted molar refractivity (Wildman–Crippen MR) is 52.5 cm³/mol. The highest BCUT2D eigenvalue weighted by molar-refractivity contribution is 5.75. The van der Waals surface area contributed by atoms with Gasteiger partial charge in [-0.2, -0.15) is 0 Å². The van der Waals surface area contributed by atoms with E-state index in [4.69, 9.17) is 10.2 Å². The molecule has 0 heterocycles. The van der Waals surface area contributed by atoms with E-state index < -0.39 is 18.6 Å². The zero-order chi connectivity index (χ0) is 11.3. The van der Waals surface area contributed by atoms with Gasteiger partial charge >= 0.3 is 12.1 Å². The van der Waals surface area contributed by atoms with Gasteiger partial charge in [0.15, 0.2) is 0 Å². The Labute approximate surface area is 86.6 Å². The maximum absolute atomic E-state index is 10.7. The number of hydrogen-bond donors (Lipinski definition) is 2. The Morgan fingerprint density at radius 2 is 1.73 bits per heavy atom. The van der Waals surface area contributed by atoms with Gasteiger partial charge in [0.2, 0.25) is 0 Å². The maximum atomic E-state index is 10.7. The summed E-state index contributed by atoms with van der Waals surface area (Å²) in [5, 5.41) is 17.3. The molecule has 0 aliphatic rings. The number of carboxylic acids is 1. The quantitative estimate of drug-likeness (QED) is 0.782. The molecular weight excluding hydrogens is 198 g/mol. The van der Waals surface area contributed by atoms with Crippen molar-refractivity contribution in [2.24, 2.45) is 0 Å². The van der Waals surface area contributed by atoms with E-state index in [-0.39, 0.29) is 6.54 Å². The number of rotatable bonds is 4. The van der Waals surface area contributed by atoms with Crippen molar-refractivity contribution in [2.75, 3.05) is 6.54 Å². The van der Waals surface area contributed by atoms with Gasteiger partial charge in [-0.3, -0.25) is 9.69 Å². The van der Waals surface area contributed by atoms with Gasteiger partial charge in [0.25, 0.3) is 0 Å². The van der Waals surface area contributed by atoms with Crippen LogP contribution in [0, 0.1) is 0 Å². The van der Waals surface area contributed by atoms with Crippen LogP contribution in [0.1, 0.15) is 5.56 Å². The molecule has 0 radical (unpaired) electrons. The third kappa shape index (κ3) is 3.68. The van der Waals surface area contributed by atoms with E-state index in [2.05, 4.69) is 0 Å². The van der Waals surface area contributed by atoms with E-state index in [0.717, 1.165) is 10.5 Å². The predicted octanol–water partition coefficient (Wildman–Crippen LogP) is 1.25. The molecule has 1 rings (SSSR count). The largest absolute Gasteiger partial charge is 0.480 e. The van der Waals surface area contributed by atoms with Crippen LogP contribution >= 0.6 is 0 Å². The Hall–Kier alpha value is -2.04. The summed E-state index contributed by atoms with van der Waals surface area (Å²) >= 11 is 0. The third-order valence-corrected chi connectivity index (χ3v) is 1.81. The molecule has 0 bridgehead atoms. The summed E-state index contributed by atoms with van der Waals surface area (Å²) in [4.78, 5) is 21.9. The molecule has 0 spiro atoms. The highest BCUT2D eigenvalue weighted by atomic mass is 16.4. The van der Waals surface area contributed by atoms with E-state index in [1.165, 1.54) is 0 Å². The van der Waals surface area contributed by atoms with E-state index in [0.29, 0.717) is 0 Å². The minimum Gasteiger partial charge on any atom is -0.480 e. The van der Waals surface area contributed by atoms with Crippen LogP contribution in [0.4, 0.5) is 4.79 Å². The van der Waals surface area contributed by atoms with Crippen molar-refractivity contribution in [3.63, 3.8) is 0 Å². The summed E-state index contributed by atoms with van der Waals surface area (Å²) in [5.41, 5.74) is 0.765. The molecule has 0 unspecified atom stereocenters. The SMILES string of the molecule is O=C(O)CN(Cc1ccccc1)C(=O)O. The normalized spacial score (nSPS) is 9.60. The fraction of sp³-hybridized carbons (Fsp3) is 0.200. The Balaban J connectivity index is 2.67. The fourth-order valence-corrected chi connectivity index (χ4v) is 1.16. The molecule has 1 aromatic carbocycles. The van der Waals surface area contributed by atoms with Crippen LogP contribution in [0.5, 0.6) is 0 Å². The first kappa shape index (κ1) is 11.0. The number of carboxylic acid groups (broad SMARTS) is 2. The smallest absolute Gasteiger partial charge is 0.408 e. The lowest BCUT2D eigenvalue weighted by atomic mass is 10.2. The number of hydrogen-bond acceptors (Lipinski definition) is 2. The van der Waals surface area contributed by atoms with E-state index in [1.54, 1.807) is 24.3 Å². The highest BCUT2D eigenvalue weighted by Gasteiger charge is 2.15.